The van der Waals surface area contributed by atoms with E-state index in [9.17, 15) is 23.2 Å². The minimum atomic E-state index is -1.24. The summed E-state index contributed by atoms with van der Waals surface area (Å²) in [5, 5.41) is 0.513. The third-order valence-electron chi connectivity index (χ3n) is 4.17. The minimum absolute atomic E-state index is 0.132. The lowest BCUT2D eigenvalue weighted by atomic mass is 10.2. The molecule has 0 bridgehead atoms. The molecule has 4 rings (SSSR count). The monoisotopic (exact) mass is 370 g/mol. The predicted molar refractivity (Wildman–Crippen MR) is 95.5 cm³/mol. The van der Waals surface area contributed by atoms with Gasteiger partial charge >= 0.3 is 5.69 Å². The molecule has 1 amide bonds. The number of rotatable bonds is 2. The minimum Gasteiger partial charge on any atom is -0.350 e. The van der Waals surface area contributed by atoms with Crippen LogP contribution in [0.25, 0.3) is 21.8 Å². The Labute approximate surface area is 149 Å². The van der Waals surface area contributed by atoms with Gasteiger partial charge in [0.1, 0.15) is 5.69 Å². The maximum Gasteiger partial charge on any atom is 0.348 e. The number of hydrogen-bond donors (Lipinski definition) is 3. The van der Waals surface area contributed by atoms with Crippen molar-refractivity contribution >= 4 is 27.7 Å². The Morgan fingerprint density at radius 2 is 1.74 bits per heavy atom. The van der Waals surface area contributed by atoms with Crippen LogP contribution in [0, 0.1) is 18.6 Å². The first-order chi connectivity index (χ1) is 12.8. The zero-order valence-electron chi connectivity index (χ0n) is 13.9. The second-order valence-corrected chi connectivity index (χ2v) is 6.10. The van der Waals surface area contributed by atoms with Crippen molar-refractivity contribution < 1.29 is 13.6 Å². The van der Waals surface area contributed by atoms with Crippen molar-refractivity contribution in [3.8, 4) is 0 Å². The lowest BCUT2D eigenvalue weighted by Gasteiger charge is -2.07. The summed E-state index contributed by atoms with van der Waals surface area (Å²) in [5.41, 5.74) is 1.88. The first kappa shape index (κ1) is 16.7. The highest BCUT2D eigenvalue weighted by Crippen LogP contribution is 2.17. The SMILES string of the molecule is Cc1ccc2[nH]c(C(=O)Nn3c(=O)[nH]c4cc(F)c(F)cc4c3=O)cc2c1. The molecule has 0 fully saturated rings. The Balaban J connectivity index is 1.77. The number of nitrogens with zero attached hydrogens (tertiary/aromatic N) is 1. The Bertz CT molecular complexity index is 1350. The fourth-order valence-electron chi connectivity index (χ4n) is 2.85. The summed E-state index contributed by atoms with van der Waals surface area (Å²) < 4.78 is 27.1. The Hall–Kier alpha value is -3.75. The average Bonchev–Trinajstić information content (AvgIpc) is 3.04. The summed E-state index contributed by atoms with van der Waals surface area (Å²) in [7, 11) is 0. The van der Waals surface area contributed by atoms with E-state index in [4.69, 9.17) is 0 Å². The van der Waals surface area contributed by atoms with E-state index in [0.29, 0.717) is 22.3 Å². The third kappa shape index (κ3) is 2.78. The van der Waals surface area contributed by atoms with E-state index >= 15 is 0 Å². The average molecular weight is 370 g/mol. The Morgan fingerprint density at radius 1 is 1.00 bits per heavy atom. The topological polar surface area (TPSA) is 99.8 Å². The quantitative estimate of drug-likeness (QED) is 0.504. The van der Waals surface area contributed by atoms with Crippen molar-refractivity contribution in [3.63, 3.8) is 0 Å². The van der Waals surface area contributed by atoms with Crippen LogP contribution in [0.3, 0.4) is 0 Å². The molecule has 4 aromatic rings. The number of benzene rings is 2. The van der Waals surface area contributed by atoms with Crippen LogP contribution < -0.4 is 16.7 Å². The molecule has 2 aromatic carbocycles. The summed E-state index contributed by atoms with van der Waals surface area (Å²) in [6, 6.07) is 8.49. The number of aromatic amines is 2. The van der Waals surface area contributed by atoms with Crippen LogP contribution in [0.15, 0.2) is 46.0 Å². The molecule has 3 N–H and O–H groups in total. The summed E-state index contributed by atoms with van der Waals surface area (Å²) in [6.07, 6.45) is 0. The number of aromatic nitrogens is 3. The zero-order valence-corrected chi connectivity index (χ0v) is 13.9. The molecule has 0 saturated carbocycles. The van der Waals surface area contributed by atoms with Crippen molar-refractivity contribution in [1.29, 1.82) is 0 Å². The molecule has 0 aliphatic carbocycles. The van der Waals surface area contributed by atoms with Gasteiger partial charge < -0.3 is 9.97 Å². The number of H-pyrrole nitrogens is 2. The molecule has 7 nitrogen and oxygen atoms in total. The number of carbonyl (C=O) groups is 1. The highest BCUT2D eigenvalue weighted by atomic mass is 19.2. The number of halogens is 2. The maximum atomic E-state index is 13.4. The van der Waals surface area contributed by atoms with Gasteiger partial charge in [-0.15, -0.1) is 0 Å². The molecule has 0 aliphatic rings. The highest BCUT2D eigenvalue weighted by molar-refractivity contribution is 6.02. The number of fused-ring (bicyclic) bond motifs is 2. The molecule has 27 heavy (non-hydrogen) atoms. The predicted octanol–water partition coefficient (Wildman–Crippen LogP) is 2.14. The van der Waals surface area contributed by atoms with Gasteiger partial charge in [-0.3, -0.25) is 15.0 Å². The highest BCUT2D eigenvalue weighted by Gasteiger charge is 2.16. The van der Waals surface area contributed by atoms with Gasteiger partial charge in [-0.2, -0.15) is 4.68 Å². The van der Waals surface area contributed by atoms with Crippen LogP contribution in [-0.4, -0.2) is 20.6 Å². The van der Waals surface area contributed by atoms with Crippen molar-refractivity contribution in [2.24, 2.45) is 0 Å². The van der Waals surface area contributed by atoms with E-state index in [-0.39, 0.29) is 16.6 Å². The number of aryl methyl sites for hydroxylation is 1. The van der Waals surface area contributed by atoms with Gasteiger partial charge in [-0.25, -0.2) is 13.6 Å². The fourth-order valence-corrected chi connectivity index (χ4v) is 2.85. The van der Waals surface area contributed by atoms with Crippen LogP contribution in [0.1, 0.15) is 16.1 Å². The molecule has 136 valence electrons. The molecule has 2 heterocycles. The van der Waals surface area contributed by atoms with Crippen LogP contribution >= 0.6 is 0 Å². The number of hydrogen-bond acceptors (Lipinski definition) is 3. The molecular formula is C18H12F2N4O3. The van der Waals surface area contributed by atoms with Gasteiger partial charge in [0.05, 0.1) is 10.9 Å². The van der Waals surface area contributed by atoms with Crippen LogP contribution in [0.5, 0.6) is 0 Å². The molecule has 0 aliphatic heterocycles. The number of amides is 1. The third-order valence-corrected chi connectivity index (χ3v) is 4.17. The van der Waals surface area contributed by atoms with Crippen LogP contribution in [-0.2, 0) is 0 Å². The molecule has 0 radical (unpaired) electrons. The van der Waals surface area contributed by atoms with Gasteiger partial charge in [0.15, 0.2) is 11.6 Å². The number of nitrogens with one attached hydrogen (secondary N) is 3. The molecule has 2 aromatic heterocycles. The maximum absolute atomic E-state index is 13.4. The van der Waals surface area contributed by atoms with Crippen molar-refractivity contribution in [2.45, 2.75) is 6.92 Å². The van der Waals surface area contributed by atoms with Crippen LogP contribution in [0.4, 0.5) is 8.78 Å². The van der Waals surface area contributed by atoms with Crippen molar-refractivity contribution in [2.75, 3.05) is 5.43 Å². The van der Waals surface area contributed by atoms with Crippen molar-refractivity contribution in [3.05, 3.63) is 80.1 Å². The smallest absolute Gasteiger partial charge is 0.348 e. The van der Waals surface area contributed by atoms with Gasteiger partial charge in [0.25, 0.3) is 11.5 Å². The lowest BCUT2D eigenvalue weighted by Crippen LogP contribution is -2.43. The Morgan fingerprint density at radius 3 is 2.52 bits per heavy atom. The van der Waals surface area contributed by atoms with E-state index in [2.05, 4.69) is 15.4 Å². The summed E-state index contributed by atoms with van der Waals surface area (Å²) in [6.45, 7) is 1.91. The van der Waals surface area contributed by atoms with Gasteiger partial charge in [0.2, 0.25) is 0 Å². The van der Waals surface area contributed by atoms with E-state index < -0.39 is 28.8 Å². The largest absolute Gasteiger partial charge is 0.350 e. The van der Waals surface area contributed by atoms with Crippen LogP contribution in [0.2, 0.25) is 0 Å². The first-order valence-corrected chi connectivity index (χ1v) is 7.88. The lowest BCUT2D eigenvalue weighted by molar-refractivity contribution is 0.100. The summed E-state index contributed by atoms with van der Waals surface area (Å²) >= 11 is 0. The van der Waals surface area contributed by atoms with Gasteiger partial charge in [-0.05, 0) is 31.2 Å². The standard InChI is InChI=1S/C18H12F2N4O3/c1-8-2-3-13-9(4-8)5-15(21-13)16(25)23-24-17(26)10-6-11(19)12(20)7-14(10)22-18(24)27/h2-7,21H,1H3,(H,22,27)(H,23,25). The number of carbonyl (C=O) groups excluding carboxylic acids is 1. The summed E-state index contributed by atoms with van der Waals surface area (Å²) in [4.78, 5) is 42.1. The first-order valence-electron chi connectivity index (χ1n) is 7.88. The fraction of sp³-hybridized carbons (Fsp3) is 0.0556. The molecule has 9 heteroatoms. The molecular weight excluding hydrogens is 358 g/mol. The molecule has 0 unspecified atom stereocenters. The molecule has 0 atom stereocenters. The van der Waals surface area contributed by atoms with Crippen molar-refractivity contribution in [1.82, 2.24) is 14.6 Å². The zero-order chi connectivity index (χ0) is 19.3. The molecule has 0 spiro atoms. The van der Waals surface area contributed by atoms with E-state index in [1.165, 1.54) is 0 Å². The van der Waals surface area contributed by atoms with E-state index in [0.717, 1.165) is 10.9 Å². The molecule has 0 saturated heterocycles. The van der Waals surface area contributed by atoms with Gasteiger partial charge in [0, 0.05) is 17.0 Å². The van der Waals surface area contributed by atoms with Gasteiger partial charge in [-0.1, -0.05) is 11.6 Å². The Kier molecular flexibility index (Phi) is 3.65. The normalized spacial score (nSPS) is 11.2. The second-order valence-electron chi connectivity index (χ2n) is 6.10. The van der Waals surface area contributed by atoms with E-state index in [1.54, 1.807) is 12.1 Å². The van der Waals surface area contributed by atoms with E-state index in [1.807, 2.05) is 19.1 Å². The summed E-state index contributed by atoms with van der Waals surface area (Å²) in [5.74, 6) is -3.18. The second kappa shape index (κ2) is 5.90.